The summed E-state index contributed by atoms with van der Waals surface area (Å²) in [5.41, 5.74) is 1.09. The molecule has 1 amide bonds. The number of methoxy groups -OCH3 is 2. The molecule has 0 fully saturated rings. The normalized spacial score (nSPS) is 11.4. The third-order valence-electron chi connectivity index (χ3n) is 4.66. The summed E-state index contributed by atoms with van der Waals surface area (Å²) in [7, 11) is -0.559. The number of hydrogen-bond donors (Lipinski definition) is 1. The molecule has 0 atom stereocenters. The Kier molecular flexibility index (Phi) is 8.52. The lowest BCUT2D eigenvalue weighted by atomic mass is 10.1. The fourth-order valence-electron chi connectivity index (χ4n) is 3.08. The van der Waals surface area contributed by atoms with E-state index in [-0.39, 0.29) is 27.9 Å². The van der Waals surface area contributed by atoms with Crippen LogP contribution in [0, 0.1) is 0 Å². The summed E-state index contributed by atoms with van der Waals surface area (Å²) in [5.74, 6) is 0.880. The van der Waals surface area contributed by atoms with Crippen LogP contribution in [0.15, 0.2) is 41.3 Å². The van der Waals surface area contributed by atoms with E-state index in [1.807, 2.05) is 12.1 Å². The van der Waals surface area contributed by atoms with Crippen molar-refractivity contribution in [1.29, 1.82) is 0 Å². The molecule has 0 spiro atoms. The first-order valence-corrected chi connectivity index (χ1v) is 11.4. The lowest BCUT2D eigenvalue weighted by Crippen LogP contribution is -2.30. The number of anilines is 1. The average molecular weight is 455 g/mol. The van der Waals surface area contributed by atoms with Crippen molar-refractivity contribution in [1.82, 2.24) is 4.31 Å². The molecule has 164 valence electrons. The van der Waals surface area contributed by atoms with Crippen molar-refractivity contribution < 1.29 is 22.7 Å². The zero-order chi connectivity index (χ0) is 22.3. The van der Waals surface area contributed by atoms with E-state index in [0.29, 0.717) is 31.0 Å². The number of ether oxygens (including phenoxy) is 2. The molecule has 30 heavy (non-hydrogen) atoms. The van der Waals surface area contributed by atoms with Gasteiger partial charge in [0.05, 0.1) is 29.8 Å². The maximum absolute atomic E-state index is 12.7. The first-order chi connectivity index (χ1) is 14.3. The Bertz CT molecular complexity index is 991. The number of rotatable bonds is 10. The van der Waals surface area contributed by atoms with Crippen LogP contribution in [0.3, 0.4) is 0 Å². The molecule has 0 heterocycles. The summed E-state index contributed by atoms with van der Waals surface area (Å²) < 4.78 is 37.5. The van der Waals surface area contributed by atoms with Crippen LogP contribution in [-0.2, 0) is 21.2 Å². The van der Waals surface area contributed by atoms with Crippen LogP contribution in [0.2, 0.25) is 5.02 Å². The number of halogens is 1. The van der Waals surface area contributed by atoms with E-state index in [2.05, 4.69) is 5.32 Å². The maximum atomic E-state index is 12.7. The Morgan fingerprint density at radius 3 is 2.40 bits per heavy atom. The highest BCUT2D eigenvalue weighted by Crippen LogP contribution is 2.32. The van der Waals surface area contributed by atoms with Crippen LogP contribution >= 0.6 is 11.6 Å². The molecule has 7 nitrogen and oxygen atoms in total. The van der Waals surface area contributed by atoms with E-state index < -0.39 is 10.0 Å². The highest BCUT2D eigenvalue weighted by atomic mass is 35.5. The van der Waals surface area contributed by atoms with E-state index in [0.717, 1.165) is 5.56 Å². The molecule has 9 heteroatoms. The van der Waals surface area contributed by atoms with Gasteiger partial charge in [-0.25, -0.2) is 8.42 Å². The Morgan fingerprint density at radius 1 is 1.10 bits per heavy atom. The quantitative estimate of drug-likeness (QED) is 0.587. The molecule has 0 unspecified atom stereocenters. The lowest BCUT2D eigenvalue weighted by Gasteiger charge is -2.19. The van der Waals surface area contributed by atoms with Crippen molar-refractivity contribution in [2.24, 2.45) is 0 Å². The topological polar surface area (TPSA) is 84.9 Å². The summed E-state index contributed by atoms with van der Waals surface area (Å²) in [4.78, 5) is 12.6. The summed E-state index contributed by atoms with van der Waals surface area (Å²) in [6, 6.07) is 9.77. The molecule has 0 aliphatic heterocycles. The number of carbonyl (C=O) groups excluding carboxylic acids is 1. The van der Waals surface area contributed by atoms with Gasteiger partial charge in [-0.2, -0.15) is 4.31 Å². The molecule has 2 rings (SSSR count). The van der Waals surface area contributed by atoms with Gasteiger partial charge in [-0.3, -0.25) is 4.79 Å². The fraction of sp³-hybridized carbons (Fsp3) is 0.381. The molecular weight excluding hydrogens is 428 g/mol. The van der Waals surface area contributed by atoms with Crippen LogP contribution in [-0.4, -0.2) is 45.9 Å². The summed E-state index contributed by atoms with van der Waals surface area (Å²) in [6.07, 6.45) is 0.578. The summed E-state index contributed by atoms with van der Waals surface area (Å²) in [6.45, 7) is 4.25. The van der Waals surface area contributed by atoms with E-state index in [9.17, 15) is 13.2 Å². The van der Waals surface area contributed by atoms with E-state index in [1.165, 1.54) is 22.5 Å². The van der Waals surface area contributed by atoms with Crippen LogP contribution < -0.4 is 14.8 Å². The van der Waals surface area contributed by atoms with Crippen LogP contribution in [0.4, 0.5) is 5.69 Å². The second-order valence-electron chi connectivity index (χ2n) is 6.43. The van der Waals surface area contributed by atoms with Crippen LogP contribution in [0.25, 0.3) is 0 Å². The molecule has 0 saturated heterocycles. The van der Waals surface area contributed by atoms with Crippen molar-refractivity contribution in [3.05, 3.63) is 47.0 Å². The highest BCUT2D eigenvalue weighted by molar-refractivity contribution is 7.89. The Morgan fingerprint density at radius 2 is 1.80 bits per heavy atom. The second kappa shape index (κ2) is 10.7. The maximum Gasteiger partial charge on any atom is 0.243 e. The minimum atomic E-state index is -3.66. The molecule has 0 aromatic heterocycles. The molecule has 0 bridgehead atoms. The van der Waals surface area contributed by atoms with Crippen LogP contribution in [0.5, 0.6) is 11.5 Å². The first-order valence-electron chi connectivity index (χ1n) is 9.57. The Labute approximate surface area is 183 Å². The predicted molar refractivity (Wildman–Crippen MR) is 118 cm³/mol. The zero-order valence-corrected chi connectivity index (χ0v) is 19.1. The second-order valence-corrected chi connectivity index (χ2v) is 8.78. The van der Waals surface area contributed by atoms with Gasteiger partial charge < -0.3 is 14.8 Å². The minimum Gasteiger partial charge on any atom is -0.493 e. The van der Waals surface area contributed by atoms with Crippen LogP contribution in [0.1, 0.15) is 25.8 Å². The van der Waals surface area contributed by atoms with Crippen molar-refractivity contribution >= 4 is 33.2 Å². The number of nitrogens with one attached hydrogen (secondary N) is 1. The number of para-hydroxylation sites is 1. The van der Waals surface area contributed by atoms with Gasteiger partial charge in [-0.15, -0.1) is 0 Å². The third kappa shape index (κ3) is 5.44. The average Bonchev–Trinajstić information content (AvgIpc) is 2.73. The number of nitrogens with zero attached hydrogens (tertiary/aromatic N) is 1. The minimum absolute atomic E-state index is 0.0837. The fourth-order valence-corrected chi connectivity index (χ4v) is 4.73. The number of benzene rings is 2. The monoisotopic (exact) mass is 454 g/mol. The van der Waals surface area contributed by atoms with Gasteiger partial charge in [0.2, 0.25) is 15.9 Å². The molecule has 0 aliphatic carbocycles. The smallest absolute Gasteiger partial charge is 0.243 e. The number of hydrogen-bond acceptors (Lipinski definition) is 5. The number of aryl methyl sites for hydroxylation is 1. The van der Waals surface area contributed by atoms with Crippen molar-refractivity contribution in [3.63, 3.8) is 0 Å². The van der Waals surface area contributed by atoms with Gasteiger partial charge in [-0.1, -0.05) is 37.6 Å². The van der Waals surface area contributed by atoms with Gasteiger partial charge in [0.15, 0.2) is 11.5 Å². The SMILES string of the molecule is CCN(CC)S(=O)(=O)c1ccc(Cl)c(NC(=O)CCc2cccc(OC)c2OC)c1. The third-order valence-corrected chi connectivity index (χ3v) is 7.04. The predicted octanol–water partition coefficient (Wildman–Crippen LogP) is 3.96. The molecular formula is C21H27ClN2O5S. The van der Waals surface area contributed by atoms with Gasteiger partial charge >= 0.3 is 0 Å². The van der Waals surface area contributed by atoms with E-state index >= 15 is 0 Å². The molecule has 1 N–H and O–H groups in total. The molecule has 0 aliphatic rings. The Balaban J connectivity index is 2.16. The largest absolute Gasteiger partial charge is 0.493 e. The van der Waals surface area contributed by atoms with Gasteiger partial charge in [0.1, 0.15) is 0 Å². The van der Waals surface area contributed by atoms with Crippen molar-refractivity contribution in [3.8, 4) is 11.5 Å². The zero-order valence-electron chi connectivity index (χ0n) is 17.6. The number of sulfonamides is 1. The molecule has 0 saturated carbocycles. The molecule has 2 aromatic carbocycles. The number of amides is 1. The first kappa shape index (κ1) is 24.0. The van der Waals surface area contributed by atoms with Gasteiger partial charge in [0.25, 0.3) is 0 Å². The summed E-state index contributed by atoms with van der Waals surface area (Å²) in [5, 5.41) is 2.97. The molecule has 2 aromatic rings. The Hall–Kier alpha value is -2.29. The van der Waals surface area contributed by atoms with Gasteiger partial charge in [-0.05, 0) is 36.2 Å². The van der Waals surface area contributed by atoms with E-state index in [4.69, 9.17) is 21.1 Å². The summed E-state index contributed by atoms with van der Waals surface area (Å²) >= 11 is 6.18. The highest BCUT2D eigenvalue weighted by Gasteiger charge is 2.23. The molecule has 0 radical (unpaired) electrons. The van der Waals surface area contributed by atoms with Crippen molar-refractivity contribution in [2.75, 3.05) is 32.6 Å². The standard InChI is InChI=1S/C21H27ClN2O5S/c1-5-24(6-2)30(26,27)16-11-12-17(22)18(14-16)23-20(25)13-10-15-8-7-9-19(28-3)21(15)29-4/h7-9,11-12,14H,5-6,10,13H2,1-4H3,(H,23,25). The lowest BCUT2D eigenvalue weighted by molar-refractivity contribution is -0.116. The van der Waals surface area contributed by atoms with Gasteiger partial charge in [0, 0.05) is 19.5 Å². The number of carbonyl (C=O) groups is 1. The van der Waals surface area contributed by atoms with E-state index in [1.54, 1.807) is 34.1 Å². The van der Waals surface area contributed by atoms with Crippen molar-refractivity contribution in [2.45, 2.75) is 31.6 Å².